The molecular weight excluding hydrogens is 654 g/mol. The van der Waals surface area contributed by atoms with Gasteiger partial charge in [-0.25, -0.2) is 4.79 Å². The lowest BCUT2D eigenvalue weighted by Crippen LogP contribution is -2.50. The second-order valence-electron chi connectivity index (χ2n) is 15.3. The van der Waals surface area contributed by atoms with Crippen molar-refractivity contribution in [1.29, 1.82) is 0 Å². The fraction of sp³-hybridized carbons (Fsp3) is 0.795. The van der Waals surface area contributed by atoms with Gasteiger partial charge in [0, 0.05) is 19.3 Å². The molecule has 302 valence electrons. The lowest BCUT2D eigenvalue weighted by atomic mass is 10.0. The van der Waals surface area contributed by atoms with Crippen molar-refractivity contribution in [3.05, 3.63) is 36.5 Å². The highest BCUT2D eigenvalue weighted by Gasteiger charge is 2.31. The van der Waals surface area contributed by atoms with Crippen molar-refractivity contribution >= 4 is 17.9 Å². The van der Waals surface area contributed by atoms with Crippen LogP contribution < -0.4 is 0 Å². The van der Waals surface area contributed by atoms with Gasteiger partial charge < -0.3 is 23.8 Å². The first-order chi connectivity index (χ1) is 25.1. The van der Waals surface area contributed by atoms with Gasteiger partial charge in [0.15, 0.2) is 12.1 Å². The highest BCUT2D eigenvalue weighted by Crippen LogP contribution is 2.15. The molecule has 0 aromatic heterocycles. The number of hydrogen-bond acceptors (Lipinski definition) is 6. The summed E-state index contributed by atoms with van der Waals surface area (Å²) < 4.78 is 17.2. The van der Waals surface area contributed by atoms with Crippen LogP contribution in [0.1, 0.15) is 174 Å². The number of aliphatic carboxylic acids is 1. The molecule has 0 aliphatic carbocycles. The molecule has 0 aromatic rings. The zero-order valence-electron chi connectivity index (χ0n) is 34.3. The smallest absolute Gasteiger partial charge is 0.362 e. The molecule has 0 aromatic carbocycles. The molecule has 1 N–H and O–H groups in total. The van der Waals surface area contributed by atoms with Gasteiger partial charge in [-0.15, -0.1) is 0 Å². The van der Waals surface area contributed by atoms with Gasteiger partial charge in [0.25, 0.3) is 0 Å². The summed E-state index contributed by atoms with van der Waals surface area (Å²) in [5.41, 5.74) is 0. The number of carbonyl (C=O) groups is 3. The first kappa shape index (κ1) is 49.6. The summed E-state index contributed by atoms with van der Waals surface area (Å²) in [7, 11) is 5.52. The van der Waals surface area contributed by atoms with E-state index in [1.807, 2.05) is 27.2 Å². The fourth-order valence-corrected chi connectivity index (χ4v) is 6.09. The van der Waals surface area contributed by atoms with Crippen LogP contribution in [0.2, 0.25) is 0 Å². The molecule has 2 unspecified atom stereocenters. The van der Waals surface area contributed by atoms with Crippen LogP contribution in [0, 0.1) is 0 Å². The minimum absolute atomic E-state index is 0.0566. The number of likely N-dealkylation sites (N-methyl/N-ethyl adjacent to an activating group) is 1. The van der Waals surface area contributed by atoms with Gasteiger partial charge in [0.05, 0.1) is 34.4 Å². The first-order valence-corrected chi connectivity index (χ1v) is 21.1. The zero-order chi connectivity index (χ0) is 38.5. The number of carbonyl (C=O) groups excluding carboxylic acids is 2. The molecule has 0 spiro atoms. The topological polar surface area (TPSA) is 99.1 Å². The summed E-state index contributed by atoms with van der Waals surface area (Å²) in [5, 5.41) is 9.60. The molecule has 0 bridgehead atoms. The van der Waals surface area contributed by atoms with Crippen molar-refractivity contribution < 1.29 is 38.2 Å². The second kappa shape index (κ2) is 35.6. The average Bonchev–Trinajstić information content (AvgIpc) is 3.09. The third kappa shape index (κ3) is 33.4. The van der Waals surface area contributed by atoms with Crippen molar-refractivity contribution in [2.75, 3.05) is 41.0 Å². The molecule has 8 heteroatoms. The van der Waals surface area contributed by atoms with Crippen molar-refractivity contribution in [3.8, 4) is 0 Å². The predicted molar refractivity (Wildman–Crippen MR) is 215 cm³/mol. The Bertz CT molecular complexity index is 953. The highest BCUT2D eigenvalue weighted by atomic mass is 16.6. The van der Waals surface area contributed by atoms with E-state index in [-0.39, 0.29) is 36.2 Å². The van der Waals surface area contributed by atoms with Crippen LogP contribution in [-0.2, 0) is 28.6 Å². The van der Waals surface area contributed by atoms with E-state index in [9.17, 15) is 19.5 Å². The zero-order valence-corrected chi connectivity index (χ0v) is 34.3. The third-order valence-electron chi connectivity index (χ3n) is 9.37. The van der Waals surface area contributed by atoms with E-state index in [0.29, 0.717) is 19.3 Å². The molecule has 52 heavy (non-hydrogen) atoms. The van der Waals surface area contributed by atoms with Crippen molar-refractivity contribution in [1.82, 2.24) is 0 Å². The van der Waals surface area contributed by atoms with Crippen LogP contribution in [0.15, 0.2) is 36.5 Å². The van der Waals surface area contributed by atoms with Crippen LogP contribution >= 0.6 is 0 Å². The molecule has 0 aliphatic heterocycles. The van der Waals surface area contributed by atoms with Gasteiger partial charge in [-0.05, 0) is 32.1 Å². The molecule has 8 nitrogen and oxygen atoms in total. The Morgan fingerprint density at radius 1 is 0.596 bits per heavy atom. The molecule has 0 saturated carbocycles. The van der Waals surface area contributed by atoms with Gasteiger partial charge in [-0.3, -0.25) is 9.59 Å². The molecular formula is C44H80NO7+. The Kier molecular flexibility index (Phi) is 33.9. The number of quaternary nitrogens is 1. The number of nitrogens with zero attached hydrogens (tertiary/aromatic N) is 1. The predicted octanol–water partition coefficient (Wildman–Crippen LogP) is 11.1. The minimum Gasteiger partial charge on any atom is -0.477 e. The number of allylic oxidation sites excluding steroid dienone is 6. The maximum absolute atomic E-state index is 12.7. The number of ether oxygens (including phenoxy) is 3. The Balaban J connectivity index is 4.38. The Morgan fingerprint density at radius 2 is 1.08 bits per heavy atom. The fourth-order valence-electron chi connectivity index (χ4n) is 6.09. The quantitative estimate of drug-likeness (QED) is 0.0293. The molecule has 0 amide bonds. The molecule has 0 saturated heterocycles. The summed E-state index contributed by atoms with van der Waals surface area (Å²) in [6, 6.07) is -0.615. The third-order valence-corrected chi connectivity index (χ3v) is 9.37. The van der Waals surface area contributed by atoms with Crippen molar-refractivity contribution in [2.45, 2.75) is 187 Å². The summed E-state index contributed by atoms with van der Waals surface area (Å²) in [6.45, 7) is 4.58. The minimum atomic E-state index is -0.878. The van der Waals surface area contributed by atoms with Gasteiger partial charge in [-0.1, -0.05) is 159 Å². The highest BCUT2D eigenvalue weighted by molar-refractivity contribution is 5.72. The maximum atomic E-state index is 12.7. The van der Waals surface area contributed by atoms with Gasteiger partial charge in [0.2, 0.25) is 0 Å². The molecule has 0 radical (unpaired) electrons. The van der Waals surface area contributed by atoms with Crippen LogP contribution in [0.4, 0.5) is 0 Å². The number of unbranched alkanes of at least 4 members (excludes halogenated alkanes) is 19. The van der Waals surface area contributed by atoms with E-state index >= 15 is 0 Å². The van der Waals surface area contributed by atoms with E-state index in [1.165, 1.54) is 77.0 Å². The van der Waals surface area contributed by atoms with Crippen LogP contribution in [0.25, 0.3) is 0 Å². The Morgan fingerprint density at radius 3 is 1.58 bits per heavy atom. The SMILES string of the molecule is CC/C=C/C=C/C=C/CCCCCCCC(=O)OCC(COCCC(C(=O)O)[N+](C)(C)C)OC(=O)CCCCCCCCCCCCCCCCC. The number of carboxylic acid groups (broad SMARTS) is 1. The maximum Gasteiger partial charge on any atom is 0.362 e. The van der Waals surface area contributed by atoms with E-state index in [1.54, 1.807) is 0 Å². The standard InChI is InChI=1S/C44H79NO7/c1-6-8-10-12-14-16-18-20-21-23-25-27-29-31-33-35-43(47)52-40(38-50-37-36-41(44(48)49)45(3,4)5)39-51-42(46)34-32-30-28-26-24-22-19-17-15-13-11-9-7-2/h9,11,13,15,17,19,40-41H,6-8,10,12,14,16,18,20-39H2,1-5H3/p+1/b11-9+,15-13+,19-17+. The second-order valence-corrected chi connectivity index (χ2v) is 15.3. The van der Waals surface area contributed by atoms with Crippen LogP contribution in [-0.4, -0.2) is 80.6 Å². The van der Waals surface area contributed by atoms with E-state index in [2.05, 4.69) is 44.2 Å². The number of hydrogen-bond donors (Lipinski definition) is 1. The van der Waals surface area contributed by atoms with Crippen molar-refractivity contribution in [2.24, 2.45) is 0 Å². The molecule has 2 atom stereocenters. The molecule has 0 heterocycles. The Hall–Kier alpha value is -2.45. The molecule has 0 rings (SSSR count). The van der Waals surface area contributed by atoms with Crippen molar-refractivity contribution in [3.63, 3.8) is 0 Å². The average molecular weight is 735 g/mol. The lowest BCUT2D eigenvalue weighted by Gasteiger charge is -2.31. The summed E-state index contributed by atoms with van der Waals surface area (Å²) in [4.78, 5) is 36.9. The number of carboxylic acids is 1. The Labute approximate surface area is 319 Å². The molecule has 0 fully saturated rings. The number of rotatable bonds is 37. The van der Waals surface area contributed by atoms with E-state index in [4.69, 9.17) is 14.2 Å². The van der Waals surface area contributed by atoms with E-state index < -0.39 is 18.1 Å². The monoisotopic (exact) mass is 735 g/mol. The summed E-state index contributed by atoms with van der Waals surface area (Å²) in [5.74, 6) is -1.49. The van der Waals surface area contributed by atoms with E-state index in [0.717, 1.165) is 64.2 Å². The largest absolute Gasteiger partial charge is 0.477 e. The number of esters is 2. The lowest BCUT2D eigenvalue weighted by molar-refractivity contribution is -0.887. The summed E-state index contributed by atoms with van der Waals surface area (Å²) >= 11 is 0. The summed E-state index contributed by atoms with van der Waals surface area (Å²) in [6.07, 6.45) is 39.0. The van der Waals surface area contributed by atoms with Gasteiger partial charge >= 0.3 is 17.9 Å². The van der Waals surface area contributed by atoms with Crippen LogP contribution in [0.5, 0.6) is 0 Å². The van der Waals surface area contributed by atoms with Crippen LogP contribution in [0.3, 0.4) is 0 Å². The first-order valence-electron chi connectivity index (χ1n) is 21.1. The van der Waals surface area contributed by atoms with Gasteiger partial charge in [0.1, 0.15) is 6.61 Å². The normalized spacial score (nSPS) is 13.3. The van der Waals surface area contributed by atoms with Gasteiger partial charge in [-0.2, -0.15) is 0 Å². The molecule has 0 aliphatic rings.